The number of anilines is 1. The molecule has 0 aliphatic carbocycles. The molecule has 2 heterocycles. The molecule has 0 bridgehead atoms. The summed E-state index contributed by atoms with van der Waals surface area (Å²) in [5, 5.41) is 9.97. The number of nitrogens with one attached hydrogen (secondary N) is 1. The summed E-state index contributed by atoms with van der Waals surface area (Å²) < 4.78 is 5.10. The van der Waals surface area contributed by atoms with E-state index in [1.54, 1.807) is 18.2 Å². The fraction of sp³-hybridized carbons (Fsp3) is 0. The van der Waals surface area contributed by atoms with Gasteiger partial charge in [-0.25, -0.2) is 5.10 Å². The number of hydrogen-bond acceptors (Lipinski definition) is 6. The van der Waals surface area contributed by atoms with Crippen molar-refractivity contribution in [2.75, 3.05) is 5.73 Å². The van der Waals surface area contributed by atoms with Crippen molar-refractivity contribution in [2.45, 2.75) is 0 Å². The van der Waals surface area contributed by atoms with Crippen LogP contribution >= 0.6 is 0 Å². The molecule has 0 saturated carbocycles. The molecule has 0 aliphatic heterocycles. The molecule has 19 heavy (non-hydrogen) atoms. The Morgan fingerprint density at radius 1 is 1.21 bits per heavy atom. The third-order valence-electron chi connectivity index (χ3n) is 2.47. The molecule has 0 unspecified atom stereocenters. The fourth-order valence-corrected chi connectivity index (χ4v) is 1.59. The summed E-state index contributed by atoms with van der Waals surface area (Å²) in [5.74, 6) is 0.643. The van der Waals surface area contributed by atoms with Gasteiger partial charge in [0.05, 0.1) is 0 Å². The molecule has 0 fully saturated rings. The van der Waals surface area contributed by atoms with Crippen LogP contribution in [0.1, 0.15) is 0 Å². The molecule has 7 heteroatoms. The Kier molecular flexibility index (Phi) is 2.57. The number of benzene rings is 1. The third kappa shape index (κ3) is 2.21. The van der Waals surface area contributed by atoms with E-state index in [-0.39, 0.29) is 11.4 Å². The zero-order chi connectivity index (χ0) is 13.2. The maximum atomic E-state index is 10.9. The second-order valence-corrected chi connectivity index (χ2v) is 3.86. The average molecular weight is 255 g/mol. The van der Waals surface area contributed by atoms with E-state index < -0.39 is 0 Å². The molecule has 0 radical (unpaired) electrons. The molecule has 3 aromatic rings. The van der Waals surface area contributed by atoms with Gasteiger partial charge in [0, 0.05) is 17.3 Å². The first-order chi connectivity index (χ1) is 9.22. The number of nitrogens with two attached hydrogens (primary N) is 1. The van der Waals surface area contributed by atoms with Crippen LogP contribution in [0.2, 0.25) is 0 Å². The minimum absolute atomic E-state index is 0.230. The monoisotopic (exact) mass is 255 g/mol. The summed E-state index contributed by atoms with van der Waals surface area (Å²) in [6.07, 6.45) is 0. The van der Waals surface area contributed by atoms with Gasteiger partial charge in [0.2, 0.25) is 5.82 Å². The summed E-state index contributed by atoms with van der Waals surface area (Å²) >= 11 is 0. The number of nitrogens with zero attached hydrogens (tertiary/aromatic N) is 3. The molecule has 2 aromatic heterocycles. The van der Waals surface area contributed by atoms with Crippen molar-refractivity contribution in [3.05, 3.63) is 46.8 Å². The van der Waals surface area contributed by atoms with Gasteiger partial charge in [0.1, 0.15) is 5.69 Å². The second kappa shape index (κ2) is 4.37. The predicted molar refractivity (Wildman–Crippen MR) is 68.0 cm³/mol. The SMILES string of the molecule is Nc1cccc(-c2noc(-c3ccc(=O)[nH]n3)n2)c1. The predicted octanol–water partition coefficient (Wildman–Crippen LogP) is 1.07. The zero-order valence-electron chi connectivity index (χ0n) is 9.70. The number of H-pyrrole nitrogens is 1. The van der Waals surface area contributed by atoms with Gasteiger partial charge in [0.25, 0.3) is 11.4 Å². The van der Waals surface area contributed by atoms with Gasteiger partial charge in [-0.2, -0.15) is 10.1 Å². The van der Waals surface area contributed by atoms with Crippen LogP contribution in [0.25, 0.3) is 23.0 Å². The molecule has 0 aliphatic rings. The Labute approximate surface area is 107 Å². The molecule has 0 amide bonds. The van der Waals surface area contributed by atoms with Crippen LogP contribution < -0.4 is 11.3 Å². The minimum atomic E-state index is -0.292. The number of aromatic amines is 1. The number of aromatic nitrogens is 4. The van der Waals surface area contributed by atoms with E-state index >= 15 is 0 Å². The highest BCUT2D eigenvalue weighted by atomic mass is 16.5. The topological polar surface area (TPSA) is 111 Å². The number of nitrogen functional groups attached to an aromatic ring is 1. The van der Waals surface area contributed by atoms with Crippen LogP contribution in [0.3, 0.4) is 0 Å². The highest BCUT2D eigenvalue weighted by molar-refractivity contribution is 5.62. The van der Waals surface area contributed by atoms with Crippen LogP contribution in [0.15, 0.2) is 45.7 Å². The van der Waals surface area contributed by atoms with Crippen molar-refractivity contribution in [3.63, 3.8) is 0 Å². The Hall–Kier alpha value is -2.96. The standard InChI is InChI=1S/C12H9N5O2/c13-8-3-1-2-7(6-8)11-14-12(19-17-11)9-4-5-10(18)16-15-9/h1-6H,13H2,(H,16,18). The van der Waals surface area contributed by atoms with Crippen molar-refractivity contribution in [3.8, 4) is 23.0 Å². The van der Waals surface area contributed by atoms with E-state index in [1.165, 1.54) is 12.1 Å². The lowest BCUT2D eigenvalue weighted by Gasteiger charge is -1.95. The zero-order valence-corrected chi connectivity index (χ0v) is 9.70. The summed E-state index contributed by atoms with van der Waals surface area (Å²) in [7, 11) is 0. The number of hydrogen-bond donors (Lipinski definition) is 2. The van der Waals surface area contributed by atoms with E-state index in [4.69, 9.17) is 10.3 Å². The first-order valence-electron chi connectivity index (χ1n) is 5.48. The smallest absolute Gasteiger partial charge is 0.278 e. The van der Waals surface area contributed by atoms with Crippen LogP contribution in [-0.2, 0) is 0 Å². The molecule has 94 valence electrons. The molecule has 0 atom stereocenters. The van der Waals surface area contributed by atoms with Crippen LogP contribution in [-0.4, -0.2) is 20.3 Å². The van der Waals surface area contributed by atoms with Gasteiger partial charge in [-0.3, -0.25) is 4.79 Å². The van der Waals surface area contributed by atoms with Crippen molar-refractivity contribution in [2.24, 2.45) is 0 Å². The molecule has 3 N–H and O–H groups in total. The quantitative estimate of drug-likeness (QED) is 0.662. The minimum Gasteiger partial charge on any atom is -0.399 e. The molecular weight excluding hydrogens is 246 g/mol. The van der Waals surface area contributed by atoms with E-state index in [2.05, 4.69) is 20.3 Å². The molecule has 1 aromatic carbocycles. The Morgan fingerprint density at radius 3 is 2.84 bits per heavy atom. The normalized spacial score (nSPS) is 10.5. The molecule has 0 spiro atoms. The van der Waals surface area contributed by atoms with Gasteiger partial charge in [-0.1, -0.05) is 17.3 Å². The molecule has 3 rings (SSSR count). The highest BCUT2D eigenvalue weighted by Gasteiger charge is 2.11. The van der Waals surface area contributed by atoms with Crippen molar-refractivity contribution in [1.29, 1.82) is 0 Å². The van der Waals surface area contributed by atoms with Crippen LogP contribution in [0, 0.1) is 0 Å². The molecule has 0 saturated heterocycles. The average Bonchev–Trinajstić information content (AvgIpc) is 2.89. The molecule has 7 nitrogen and oxygen atoms in total. The van der Waals surface area contributed by atoms with Crippen LogP contribution in [0.5, 0.6) is 0 Å². The summed E-state index contributed by atoms with van der Waals surface area (Å²) in [6, 6.07) is 10.00. The van der Waals surface area contributed by atoms with E-state index in [0.29, 0.717) is 17.2 Å². The molecular formula is C12H9N5O2. The highest BCUT2D eigenvalue weighted by Crippen LogP contribution is 2.21. The van der Waals surface area contributed by atoms with Crippen molar-refractivity contribution >= 4 is 5.69 Å². The van der Waals surface area contributed by atoms with Crippen molar-refractivity contribution < 1.29 is 4.52 Å². The lowest BCUT2D eigenvalue weighted by atomic mass is 10.2. The van der Waals surface area contributed by atoms with Gasteiger partial charge in [-0.05, 0) is 18.2 Å². The maximum absolute atomic E-state index is 10.9. The Balaban J connectivity index is 1.99. The van der Waals surface area contributed by atoms with Gasteiger partial charge >= 0.3 is 0 Å². The summed E-state index contributed by atoms with van der Waals surface area (Å²) in [4.78, 5) is 15.1. The number of rotatable bonds is 2. The van der Waals surface area contributed by atoms with Gasteiger partial charge < -0.3 is 10.3 Å². The van der Waals surface area contributed by atoms with E-state index in [9.17, 15) is 4.79 Å². The lowest BCUT2D eigenvalue weighted by Crippen LogP contribution is -2.05. The third-order valence-corrected chi connectivity index (χ3v) is 2.47. The van der Waals surface area contributed by atoms with E-state index in [1.807, 2.05) is 6.07 Å². The second-order valence-electron chi connectivity index (χ2n) is 3.86. The summed E-state index contributed by atoms with van der Waals surface area (Å²) in [6.45, 7) is 0. The largest absolute Gasteiger partial charge is 0.399 e. The first kappa shape index (κ1) is 11.1. The van der Waals surface area contributed by atoms with Gasteiger partial charge in [-0.15, -0.1) is 0 Å². The summed E-state index contributed by atoms with van der Waals surface area (Å²) in [5.41, 5.74) is 7.17. The Bertz CT molecular complexity index is 757. The Morgan fingerprint density at radius 2 is 2.11 bits per heavy atom. The van der Waals surface area contributed by atoms with Crippen LogP contribution in [0.4, 0.5) is 5.69 Å². The first-order valence-corrected chi connectivity index (χ1v) is 5.48. The fourth-order valence-electron chi connectivity index (χ4n) is 1.59. The van der Waals surface area contributed by atoms with Crippen molar-refractivity contribution in [1.82, 2.24) is 20.3 Å². The van der Waals surface area contributed by atoms with Gasteiger partial charge in [0.15, 0.2) is 0 Å². The lowest BCUT2D eigenvalue weighted by molar-refractivity contribution is 0.430. The maximum Gasteiger partial charge on any atom is 0.278 e. The van der Waals surface area contributed by atoms with E-state index in [0.717, 1.165) is 5.56 Å².